The molecule has 17 nitrogen and oxygen atoms in total. The van der Waals surface area contributed by atoms with Crippen molar-refractivity contribution in [1.82, 2.24) is 9.97 Å². The van der Waals surface area contributed by atoms with E-state index in [0.29, 0.717) is 22.8 Å². The number of para-hydroxylation sites is 2. The number of aliphatic hydroxyl groups is 1. The first-order valence-corrected chi connectivity index (χ1v) is 16.2. The monoisotopic (exact) mass is 860 g/mol. The van der Waals surface area contributed by atoms with E-state index < -0.39 is 20.5 Å². The minimum absolute atomic E-state index is 0. The molecule has 0 aliphatic carbocycles. The van der Waals surface area contributed by atoms with Gasteiger partial charge in [0.1, 0.15) is 11.6 Å². The third-order valence-electron chi connectivity index (χ3n) is 5.97. The maximum absolute atomic E-state index is 13.2. The van der Waals surface area contributed by atoms with Gasteiger partial charge in [0.25, 0.3) is 0 Å². The van der Waals surface area contributed by atoms with E-state index in [1.54, 1.807) is 0 Å². The van der Waals surface area contributed by atoms with E-state index in [2.05, 4.69) is 51.8 Å². The van der Waals surface area contributed by atoms with Crippen molar-refractivity contribution >= 4 is 45.9 Å². The summed E-state index contributed by atoms with van der Waals surface area (Å²) in [6, 6.07) is 27.1. The van der Waals surface area contributed by atoms with Gasteiger partial charge in [-0.1, -0.05) is 75.1 Å². The fourth-order valence-corrected chi connectivity index (χ4v) is 3.89. The van der Waals surface area contributed by atoms with E-state index in [-0.39, 0.29) is 50.8 Å². The zero-order valence-corrected chi connectivity index (χ0v) is 30.8. The first kappa shape index (κ1) is 50.5. The number of nitrogens with one attached hydrogen (secondary N) is 2. The number of pyridine rings is 2. The van der Waals surface area contributed by atoms with E-state index in [0.717, 1.165) is 34.5 Å². The molecule has 0 saturated carbocycles. The second-order valence-corrected chi connectivity index (χ2v) is 12.0. The Hall–Kier alpha value is -3.56. The Balaban J connectivity index is 0. The molecule has 5 aromatic rings. The third-order valence-corrected chi connectivity index (χ3v) is 5.97. The molecule has 21 heteroatoms. The van der Waals surface area contributed by atoms with E-state index in [9.17, 15) is 5.11 Å². The van der Waals surface area contributed by atoms with E-state index in [1.165, 1.54) is 12.4 Å². The number of hydrazone groups is 2. The molecule has 52 heavy (non-hydrogen) atoms. The van der Waals surface area contributed by atoms with Crippen LogP contribution in [-0.4, -0.2) is 40.1 Å². The van der Waals surface area contributed by atoms with Crippen LogP contribution in [0.2, 0.25) is 0 Å². The summed E-state index contributed by atoms with van der Waals surface area (Å²) in [7, 11) is -8.89. The minimum Gasteiger partial charge on any atom is -0.872 e. The van der Waals surface area contributed by atoms with Crippen LogP contribution >= 0.6 is 0 Å². The maximum Gasteiger partial charge on any atom is 2.00 e. The molecule has 2 radical (unpaired) electrons. The molecule has 0 aliphatic heterocycles. The molecule has 288 valence electrons. The van der Waals surface area contributed by atoms with Gasteiger partial charge in [0, 0.05) is 17.9 Å². The summed E-state index contributed by atoms with van der Waals surface area (Å²) >= 11 is 0. The Morgan fingerprint density at radius 1 is 0.615 bits per heavy atom. The fourth-order valence-electron chi connectivity index (χ4n) is 3.89. The number of hydrogen-bond donors (Lipinski definition) is 3. The minimum atomic E-state index is -4.94. The molecule has 0 amide bonds. The molecule has 0 aliphatic rings. The van der Waals surface area contributed by atoms with Gasteiger partial charge in [-0.05, 0) is 58.5 Å². The molecule has 3 aromatic carbocycles. The number of fused-ring (bicyclic) bond motifs is 2. The molecule has 2 heterocycles. The second-order valence-electron chi connectivity index (χ2n) is 10.5. The van der Waals surface area contributed by atoms with Crippen molar-refractivity contribution in [2.45, 2.75) is 26.2 Å². The van der Waals surface area contributed by atoms with Gasteiger partial charge in [-0.15, -0.1) is 20.5 Å². The zero-order chi connectivity index (χ0) is 36.8. The average Bonchev–Trinajstić information content (AvgIpc) is 3.01. The standard InChI is InChI=1S/C30H28N6O.CH4O.2ClHO4.2Cu.H2O/c1-30(2,3)24-16-22(18-31-35-27-14-12-20-8-4-6-10-25(20)33-27)29(37)23(17-24)19-32-36-28-15-13-21-9-5-7-11-26(21)34-28;1-2;2*2-1(3,4)5;;;/h4-19,37H,1-3H3,(H,33,35)(H,34,36);2H,1H3;2*(H,2,3,4,5);;;1H2/q;;;;2*+2;/p-4/b31-18+,32-19+;;;;;;. The quantitative estimate of drug-likeness (QED) is 0.0831. The maximum atomic E-state index is 13.2. The Morgan fingerprint density at radius 2 is 0.942 bits per heavy atom. The summed E-state index contributed by atoms with van der Waals surface area (Å²) in [6.45, 7) is 6.30. The van der Waals surface area contributed by atoms with Crippen molar-refractivity contribution in [3.63, 3.8) is 0 Å². The number of aromatic nitrogens is 2. The first-order valence-electron chi connectivity index (χ1n) is 13.7. The molecule has 0 atom stereocenters. The number of anilines is 2. The van der Waals surface area contributed by atoms with Crippen LogP contribution in [-0.2, 0) is 39.6 Å². The van der Waals surface area contributed by atoms with Gasteiger partial charge in [0.15, 0.2) is 0 Å². The van der Waals surface area contributed by atoms with Gasteiger partial charge < -0.3 is 15.7 Å². The van der Waals surface area contributed by atoms with Crippen molar-refractivity contribution in [2.24, 2.45) is 10.2 Å². The Morgan fingerprint density at radius 3 is 1.27 bits per heavy atom. The largest absolute Gasteiger partial charge is 2.00 e. The molecule has 5 rings (SSSR count). The summed E-state index contributed by atoms with van der Waals surface area (Å²) < 4.78 is 67.9. The number of aliphatic hydroxyl groups excluding tert-OH is 1. The van der Waals surface area contributed by atoms with Crippen molar-refractivity contribution < 1.29 is 108 Å². The summed E-state index contributed by atoms with van der Waals surface area (Å²) in [6.07, 6.45) is 3.06. The topological polar surface area (TPSA) is 332 Å². The summed E-state index contributed by atoms with van der Waals surface area (Å²) in [4.78, 5) is 9.11. The van der Waals surface area contributed by atoms with Gasteiger partial charge in [0.05, 0.1) is 23.5 Å². The molecule has 4 N–H and O–H groups in total. The Labute approximate surface area is 323 Å². The van der Waals surface area contributed by atoms with Crippen LogP contribution in [0.5, 0.6) is 5.75 Å². The van der Waals surface area contributed by atoms with Crippen molar-refractivity contribution in [2.75, 3.05) is 18.0 Å². The molecule has 0 fully saturated rings. The number of nitrogens with zero attached hydrogens (tertiary/aromatic N) is 4. The Bertz CT molecular complexity index is 1740. The first-order chi connectivity index (χ1) is 22.9. The van der Waals surface area contributed by atoms with E-state index in [4.69, 9.17) is 42.4 Å². The molecule has 2 aromatic heterocycles. The van der Waals surface area contributed by atoms with Crippen molar-refractivity contribution in [1.29, 1.82) is 0 Å². The van der Waals surface area contributed by atoms with Crippen LogP contribution in [0.3, 0.4) is 0 Å². The summed E-state index contributed by atoms with van der Waals surface area (Å²) in [5.74, 6) is 1.04. The second kappa shape index (κ2) is 23.2. The van der Waals surface area contributed by atoms with E-state index in [1.807, 2.05) is 84.9 Å². The van der Waals surface area contributed by atoms with Crippen LogP contribution < -0.4 is 53.2 Å². The molecule has 0 unspecified atom stereocenters. The summed E-state index contributed by atoms with van der Waals surface area (Å²) in [5, 5.41) is 30.9. The molecule has 0 spiro atoms. The average molecular weight is 863 g/mol. The Kier molecular flexibility index (Phi) is 22.5. The predicted molar refractivity (Wildman–Crippen MR) is 161 cm³/mol. The zero-order valence-electron chi connectivity index (χ0n) is 27.5. The summed E-state index contributed by atoms with van der Waals surface area (Å²) in [5.41, 5.74) is 9.37. The van der Waals surface area contributed by atoms with Crippen LogP contribution in [0.4, 0.5) is 11.6 Å². The number of rotatable bonds is 6. The van der Waals surface area contributed by atoms with E-state index >= 15 is 0 Å². The predicted octanol–water partition coefficient (Wildman–Crippen LogP) is -4.04. The van der Waals surface area contributed by atoms with Crippen LogP contribution in [0.15, 0.2) is 95.1 Å². The number of benzene rings is 3. The van der Waals surface area contributed by atoms with Crippen molar-refractivity contribution in [3.05, 3.63) is 102 Å². The molecular weight excluding hydrogens is 830 g/mol. The smallest absolute Gasteiger partial charge is 0.872 e. The number of halogens is 2. The van der Waals surface area contributed by atoms with Crippen molar-refractivity contribution in [3.8, 4) is 5.75 Å². The normalized spacial score (nSPS) is 11.0. The molecule has 0 bridgehead atoms. The van der Waals surface area contributed by atoms with Crippen LogP contribution in [0.25, 0.3) is 21.8 Å². The van der Waals surface area contributed by atoms with Crippen LogP contribution in [0.1, 0.15) is 37.5 Å². The van der Waals surface area contributed by atoms with Crippen LogP contribution in [0, 0.1) is 20.5 Å². The van der Waals surface area contributed by atoms with Gasteiger partial charge >= 0.3 is 34.1 Å². The van der Waals surface area contributed by atoms with Gasteiger partial charge in [-0.25, -0.2) is 47.2 Å². The fraction of sp³-hybridized carbons (Fsp3) is 0.161. The third kappa shape index (κ3) is 19.3. The van der Waals surface area contributed by atoms with Gasteiger partial charge in [-0.2, -0.15) is 10.2 Å². The van der Waals surface area contributed by atoms with Gasteiger partial charge in [0.2, 0.25) is 0 Å². The SMILES string of the molecule is CC(C)(C)c1cc(/C=N/Nc2ccc3ccccc3n2)c([O-])c(/C=N/Nc2ccc3ccccc3n2)c1.CO.[Cu+2].[Cu+2].[O-][Cl+3]([O-])([O-])[O-].[O-][Cl+3]([O-])([O-])[O-].[OH-]. The molecular formula is C31H32Cl2Cu2N6O11. The number of hydrogen-bond acceptors (Lipinski definition) is 17. The van der Waals surface area contributed by atoms with Gasteiger partial charge in [-0.3, -0.25) is 10.9 Å². The molecule has 0 saturated heterocycles.